The Morgan fingerprint density at radius 1 is 0.891 bits per heavy atom. The van der Waals surface area contributed by atoms with E-state index in [0.29, 0.717) is 23.1 Å². The van der Waals surface area contributed by atoms with Gasteiger partial charge in [0.2, 0.25) is 12.0 Å². The van der Waals surface area contributed by atoms with Gasteiger partial charge in [0.05, 0.1) is 33.0 Å². The molecule has 2 aliphatic rings. The number of nitrogens with one attached hydrogen (secondary N) is 1. The van der Waals surface area contributed by atoms with Crippen molar-refractivity contribution in [2.45, 2.75) is 81.6 Å². The minimum Gasteiger partial charge on any atom is -0.493 e. The molecule has 0 aliphatic carbocycles. The molecule has 0 spiro atoms. The van der Waals surface area contributed by atoms with Crippen molar-refractivity contribution >= 4 is 11.6 Å². The molecule has 0 aromatic heterocycles. The van der Waals surface area contributed by atoms with Gasteiger partial charge in [-0.2, -0.15) is 0 Å². The van der Waals surface area contributed by atoms with Gasteiger partial charge in [-0.1, -0.05) is 54.1 Å². The van der Waals surface area contributed by atoms with Gasteiger partial charge in [0.1, 0.15) is 18.3 Å². The molecule has 3 aromatic rings. The molecule has 0 saturated carbocycles. The molecule has 2 fully saturated rings. The maximum Gasteiger partial charge on any atom is 0.230 e. The fourth-order valence-electron chi connectivity index (χ4n) is 5.89. The van der Waals surface area contributed by atoms with E-state index in [4.69, 9.17) is 40.0 Å². The van der Waals surface area contributed by atoms with Gasteiger partial charge in [-0.25, -0.2) is 0 Å². The lowest BCUT2D eigenvalue weighted by Crippen LogP contribution is -2.65. The predicted octanol–water partition coefficient (Wildman–Crippen LogP) is 3.27. The molecule has 5 N–H and O–H groups in total. The van der Waals surface area contributed by atoms with Crippen molar-refractivity contribution in [2.75, 3.05) is 20.8 Å². The fraction of sp³-hybridized carbons (Fsp3) is 0.471. The summed E-state index contributed by atoms with van der Waals surface area (Å²) in [6.07, 6.45) is -8.97. The lowest BCUT2D eigenvalue weighted by Gasteiger charge is -2.48. The minimum atomic E-state index is -1.51. The topological polar surface area (TPSA) is 148 Å². The van der Waals surface area contributed by atoms with Gasteiger partial charge in [0.15, 0.2) is 23.9 Å². The SMILES string of the molecule is COc1cccc(OC)c1O[C@@H]1O[C@H](CO)[C@@H](O)[C@H](O)[C@H]1O[C@H]1C[C@](C)(NCc2ccc(-c3ccc(Cl)cc3)cc2)[C@H](O)[C@H](C)O1. The van der Waals surface area contributed by atoms with Crippen LogP contribution in [0.3, 0.4) is 0 Å². The summed E-state index contributed by atoms with van der Waals surface area (Å²) in [7, 11) is 2.94. The van der Waals surface area contributed by atoms with Crippen molar-refractivity contribution in [3.8, 4) is 28.4 Å². The molecule has 0 amide bonds. The molecule has 2 heterocycles. The molecule has 3 aromatic carbocycles. The standard InChI is InChI=1S/C34H42ClNO10/c1-19-32(40)34(2,36-17-20-8-10-21(11-9-20)22-12-14-23(35)15-13-22)16-27(43-19)45-31-29(39)28(38)26(18-37)44-33(31)46-30-24(41-3)6-5-7-25(30)42-4/h5-15,19,26-29,31-33,36-40H,16-18H2,1-4H3/t19-,26+,27-,28+,29-,31+,32+,33-,34-/m0/s1. The van der Waals surface area contributed by atoms with E-state index >= 15 is 0 Å². The summed E-state index contributed by atoms with van der Waals surface area (Å²) in [5.41, 5.74) is 2.27. The highest BCUT2D eigenvalue weighted by molar-refractivity contribution is 6.30. The van der Waals surface area contributed by atoms with Crippen LogP contribution in [0.5, 0.6) is 17.2 Å². The summed E-state index contributed by atoms with van der Waals surface area (Å²) in [5.74, 6) is 0.867. The lowest BCUT2D eigenvalue weighted by atomic mass is 9.84. The zero-order valence-electron chi connectivity index (χ0n) is 26.2. The molecule has 2 saturated heterocycles. The molecule has 0 unspecified atom stereocenters. The molecule has 11 nitrogen and oxygen atoms in total. The van der Waals surface area contributed by atoms with Crippen LogP contribution in [0.25, 0.3) is 11.1 Å². The molecular weight excluding hydrogens is 618 g/mol. The summed E-state index contributed by atoms with van der Waals surface area (Å²) in [5, 5.41) is 47.0. The van der Waals surface area contributed by atoms with Crippen LogP contribution in [0.4, 0.5) is 0 Å². The first-order valence-corrected chi connectivity index (χ1v) is 15.5. The van der Waals surface area contributed by atoms with Crippen LogP contribution in [-0.4, -0.2) is 96.0 Å². The van der Waals surface area contributed by atoms with E-state index in [0.717, 1.165) is 16.7 Å². The molecule has 250 valence electrons. The van der Waals surface area contributed by atoms with E-state index in [2.05, 4.69) is 5.32 Å². The number of ether oxygens (including phenoxy) is 6. The zero-order chi connectivity index (χ0) is 33.0. The van der Waals surface area contributed by atoms with Gasteiger partial charge in [-0.05, 0) is 54.8 Å². The number of methoxy groups -OCH3 is 2. The second kappa shape index (κ2) is 14.8. The van der Waals surface area contributed by atoms with E-state index in [1.54, 1.807) is 25.1 Å². The summed E-state index contributed by atoms with van der Waals surface area (Å²) < 4.78 is 35.2. The van der Waals surface area contributed by atoms with Crippen LogP contribution < -0.4 is 19.5 Å². The van der Waals surface area contributed by atoms with Crippen LogP contribution in [0.1, 0.15) is 25.8 Å². The molecular formula is C34H42ClNO10. The molecule has 2 aliphatic heterocycles. The van der Waals surface area contributed by atoms with Gasteiger partial charge in [-0.3, -0.25) is 0 Å². The first-order valence-electron chi connectivity index (χ1n) is 15.2. The van der Waals surface area contributed by atoms with Gasteiger partial charge in [-0.15, -0.1) is 0 Å². The lowest BCUT2D eigenvalue weighted by molar-refractivity contribution is -0.334. The number of rotatable bonds is 11. The van der Waals surface area contributed by atoms with Gasteiger partial charge in [0, 0.05) is 23.5 Å². The molecule has 5 rings (SSSR count). The Labute approximate surface area is 273 Å². The van der Waals surface area contributed by atoms with Crippen LogP contribution in [0.2, 0.25) is 5.02 Å². The first-order chi connectivity index (χ1) is 22.1. The number of hydrogen-bond acceptors (Lipinski definition) is 11. The number of halogens is 1. The summed E-state index contributed by atoms with van der Waals surface area (Å²) in [4.78, 5) is 0. The van der Waals surface area contributed by atoms with Crippen molar-refractivity contribution in [1.29, 1.82) is 0 Å². The molecule has 0 radical (unpaired) electrons. The number of aliphatic hydroxyl groups excluding tert-OH is 4. The maximum atomic E-state index is 11.2. The second-order valence-corrected chi connectivity index (χ2v) is 12.2. The highest BCUT2D eigenvalue weighted by Gasteiger charge is 2.51. The Hall–Kier alpha value is -2.97. The molecule has 9 atom stereocenters. The monoisotopic (exact) mass is 659 g/mol. The minimum absolute atomic E-state index is 0.188. The largest absolute Gasteiger partial charge is 0.493 e. The van der Waals surface area contributed by atoms with Gasteiger partial charge < -0.3 is 54.2 Å². The Morgan fingerprint density at radius 3 is 2.09 bits per heavy atom. The third-order valence-corrected chi connectivity index (χ3v) is 8.88. The summed E-state index contributed by atoms with van der Waals surface area (Å²) in [6, 6.07) is 20.8. The summed E-state index contributed by atoms with van der Waals surface area (Å²) in [6.45, 7) is 3.51. The quantitative estimate of drug-likeness (QED) is 0.207. The van der Waals surface area contributed by atoms with Gasteiger partial charge >= 0.3 is 0 Å². The van der Waals surface area contributed by atoms with Crippen molar-refractivity contribution in [3.05, 3.63) is 77.3 Å². The number of benzene rings is 3. The Morgan fingerprint density at radius 2 is 1.50 bits per heavy atom. The normalized spacial score (nSPS) is 31.3. The van der Waals surface area contributed by atoms with Gasteiger partial charge in [0.25, 0.3) is 0 Å². The number of aliphatic hydroxyl groups is 4. The molecule has 12 heteroatoms. The van der Waals surface area contributed by atoms with Crippen LogP contribution >= 0.6 is 11.6 Å². The van der Waals surface area contributed by atoms with Crippen molar-refractivity contribution in [1.82, 2.24) is 5.32 Å². The molecule has 46 heavy (non-hydrogen) atoms. The average Bonchev–Trinajstić information content (AvgIpc) is 3.06. The highest BCUT2D eigenvalue weighted by atomic mass is 35.5. The first kappa shape index (κ1) is 34.4. The van der Waals surface area contributed by atoms with Crippen LogP contribution in [-0.2, 0) is 20.8 Å². The van der Waals surface area contributed by atoms with E-state index in [9.17, 15) is 20.4 Å². The number of hydrogen-bond donors (Lipinski definition) is 5. The maximum absolute atomic E-state index is 11.2. The predicted molar refractivity (Wildman–Crippen MR) is 170 cm³/mol. The highest BCUT2D eigenvalue weighted by Crippen LogP contribution is 2.40. The Kier molecular flexibility index (Phi) is 11.1. The van der Waals surface area contributed by atoms with E-state index < -0.39 is 61.3 Å². The van der Waals surface area contributed by atoms with Crippen molar-refractivity contribution in [3.63, 3.8) is 0 Å². The van der Waals surface area contributed by atoms with Crippen LogP contribution in [0, 0.1) is 0 Å². The Bertz CT molecular complexity index is 1400. The van der Waals surface area contributed by atoms with Crippen molar-refractivity contribution < 1.29 is 48.8 Å². The summed E-state index contributed by atoms with van der Waals surface area (Å²) >= 11 is 6.03. The third-order valence-electron chi connectivity index (χ3n) is 8.63. The second-order valence-electron chi connectivity index (χ2n) is 11.8. The van der Waals surface area contributed by atoms with Crippen molar-refractivity contribution in [2.24, 2.45) is 0 Å². The van der Waals surface area contributed by atoms with Crippen LogP contribution in [0.15, 0.2) is 66.7 Å². The smallest absolute Gasteiger partial charge is 0.230 e. The number of para-hydroxylation sites is 1. The fourth-order valence-corrected chi connectivity index (χ4v) is 6.01. The Balaban J connectivity index is 1.31. The third kappa shape index (κ3) is 7.44. The molecule has 0 bridgehead atoms. The van der Waals surface area contributed by atoms with E-state index in [-0.39, 0.29) is 12.2 Å². The van der Waals surface area contributed by atoms with E-state index in [1.807, 2.05) is 55.5 Å². The average molecular weight is 660 g/mol. The van der Waals surface area contributed by atoms with E-state index in [1.165, 1.54) is 14.2 Å². The zero-order valence-corrected chi connectivity index (χ0v) is 27.0.